The Bertz CT molecular complexity index is 612. The van der Waals surface area contributed by atoms with Gasteiger partial charge in [-0.05, 0) is 23.8 Å². The fraction of sp³-hybridized carbons (Fsp3) is 0.176. The minimum absolute atomic E-state index is 0.287. The van der Waals surface area contributed by atoms with Gasteiger partial charge in [-0.1, -0.05) is 42.2 Å². The van der Waals surface area contributed by atoms with Gasteiger partial charge in [-0.15, -0.1) is 11.6 Å². The van der Waals surface area contributed by atoms with Crippen LogP contribution in [0, 0.1) is 11.8 Å². The molecule has 3 heteroatoms. The van der Waals surface area contributed by atoms with Crippen LogP contribution >= 0.6 is 11.6 Å². The molecule has 0 spiro atoms. The van der Waals surface area contributed by atoms with E-state index in [9.17, 15) is 0 Å². The predicted molar refractivity (Wildman–Crippen MR) is 81.4 cm³/mol. The number of rotatable bonds is 4. The van der Waals surface area contributed by atoms with Crippen molar-refractivity contribution in [2.45, 2.75) is 6.61 Å². The van der Waals surface area contributed by atoms with Gasteiger partial charge in [0.15, 0.2) is 0 Å². The fourth-order valence-corrected chi connectivity index (χ4v) is 1.79. The van der Waals surface area contributed by atoms with E-state index in [1.165, 1.54) is 0 Å². The van der Waals surface area contributed by atoms with Crippen LogP contribution in [0.5, 0.6) is 11.5 Å². The molecule has 102 valence electrons. The third-order valence-corrected chi connectivity index (χ3v) is 2.85. The lowest BCUT2D eigenvalue weighted by molar-refractivity contribution is 0.304. The second-order valence-corrected chi connectivity index (χ2v) is 4.34. The summed E-state index contributed by atoms with van der Waals surface area (Å²) in [4.78, 5) is 0. The van der Waals surface area contributed by atoms with E-state index in [1.807, 2.05) is 48.5 Å². The maximum absolute atomic E-state index is 5.82. The quantitative estimate of drug-likeness (QED) is 0.627. The van der Waals surface area contributed by atoms with Crippen molar-refractivity contribution in [3.63, 3.8) is 0 Å². The van der Waals surface area contributed by atoms with Gasteiger partial charge in [0.2, 0.25) is 0 Å². The Hall–Kier alpha value is -2.11. The van der Waals surface area contributed by atoms with Gasteiger partial charge in [-0.3, -0.25) is 0 Å². The number of methoxy groups -OCH3 is 1. The molecule has 2 rings (SSSR count). The maximum Gasteiger partial charge on any atom is 0.135 e. The van der Waals surface area contributed by atoms with Gasteiger partial charge >= 0.3 is 0 Å². The summed E-state index contributed by atoms with van der Waals surface area (Å²) in [6.45, 7) is 0.503. The van der Waals surface area contributed by atoms with E-state index in [4.69, 9.17) is 21.1 Å². The highest BCUT2D eigenvalue weighted by Gasteiger charge is 2.04. The predicted octanol–water partition coefficient (Wildman–Crippen LogP) is 3.86. The monoisotopic (exact) mass is 286 g/mol. The molecule has 0 unspecified atom stereocenters. The molecular formula is C17H15ClO2. The minimum atomic E-state index is 0.287. The summed E-state index contributed by atoms with van der Waals surface area (Å²) in [5.41, 5.74) is 1.89. The molecule has 2 nitrogen and oxygen atoms in total. The van der Waals surface area contributed by atoms with Crippen molar-refractivity contribution in [3.05, 3.63) is 59.7 Å². The molecule has 0 atom stereocenters. The van der Waals surface area contributed by atoms with E-state index in [0.717, 1.165) is 22.6 Å². The third-order valence-electron chi connectivity index (χ3n) is 2.71. The van der Waals surface area contributed by atoms with Crippen molar-refractivity contribution in [2.24, 2.45) is 0 Å². The van der Waals surface area contributed by atoms with Crippen molar-refractivity contribution in [2.75, 3.05) is 13.0 Å². The summed E-state index contributed by atoms with van der Waals surface area (Å²) in [5.74, 6) is 7.58. The summed E-state index contributed by atoms with van der Waals surface area (Å²) >= 11 is 5.60. The van der Waals surface area contributed by atoms with Crippen molar-refractivity contribution in [1.82, 2.24) is 0 Å². The number of benzene rings is 2. The Morgan fingerprint density at radius 2 is 1.90 bits per heavy atom. The molecule has 0 aliphatic carbocycles. The molecule has 0 amide bonds. The first-order chi connectivity index (χ1) is 9.83. The highest BCUT2D eigenvalue weighted by Crippen LogP contribution is 2.24. The van der Waals surface area contributed by atoms with Crippen molar-refractivity contribution < 1.29 is 9.47 Å². The van der Waals surface area contributed by atoms with Crippen LogP contribution in [0.25, 0.3) is 0 Å². The van der Waals surface area contributed by atoms with Gasteiger partial charge in [0.05, 0.1) is 18.6 Å². The first-order valence-corrected chi connectivity index (χ1v) is 6.76. The summed E-state index contributed by atoms with van der Waals surface area (Å²) in [5, 5.41) is 0. The number of halogens is 1. The fourth-order valence-electron chi connectivity index (χ4n) is 1.72. The summed E-state index contributed by atoms with van der Waals surface area (Å²) in [6, 6.07) is 15.6. The van der Waals surface area contributed by atoms with E-state index >= 15 is 0 Å². The average Bonchev–Trinajstić information content (AvgIpc) is 2.52. The van der Waals surface area contributed by atoms with E-state index in [1.54, 1.807) is 7.11 Å². The molecule has 2 aromatic rings. The van der Waals surface area contributed by atoms with Crippen LogP contribution < -0.4 is 9.47 Å². The molecule has 0 saturated heterocycles. The largest absolute Gasteiger partial charge is 0.497 e. The SMILES string of the molecule is COc1ccc(OCc2ccccc2)c(C#CCCl)c1. The molecule has 0 bridgehead atoms. The number of hydrogen-bond donors (Lipinski definition) is 0. The molecule has 0 aliphatic heterocycles. The molecule has 2 aromatic carbocycles. The van der Waals surface area contributed by atoms with Gasteiger partial charge in [-0.25, -0.2) is 0 Å². The zero-order valence-electron chi connectivity index (χ0n) is 11.2. The van der Waals surface area contributed by atoms with Crippen LogP contribution in [-0.4, -0.2) is 13.0 Å². The van der Waals surface area contributed by atoms with Crippen LogP contribution in [0.1, 0.15) is 11.1 Å². The van der Waals surface area contributed by atoms with Crippen LogP contribution in [0.15, 0.2) is 48.5 Å². The normalized spacial score (nSPS) is 9.50. The highest BCUT2D eigenvalue weighted by atomic mass is 35.5. The molecule has 0 saturated carbocycles. The second-order valence-electron chi connectivity index (χ2n) is 4.07. The number of ether oxygens (including phenoxy) is 2. The molecule has 20 heavy (non-hydrogen) atoms. The molecule has 0 fully saturated rings. The molecule has 0 heterocycles. The smallest absolute Gasteiger partial charge is 0.135 e. The van der Waals surface area contributed by atoms with E-state index < -0.39 is 0 Å². The Morgan fingerprint density at radius 1 is 1.10 bits per heavy atom. The van der Waals surface area contributed by atoms with Crippen LogP contribution in [0.4, 0.5) is 0 Å². The molecule has 0 aliphatic rings. The third kappa shape index (κ3) is 3.94. The van der Waals surface area contributed by atoms with Crippen LogP contribution in [0.3, 0.4) is 0 Å². The first kappa shape index (κ1) is 14.3. The summed E-state index contributed by atoms with van der Waals surface area (Å²) in [6.07, 6.45) is 0. The highest BCUT2D eigenvalue weighted by molar-refractivity contribution is 6.19. The van der Waals surface area contributed by atoms with E-state index in [-0.39, 0.29) is 5.88 Å². The number of alkyl halides is 1. The zero-order chi connectivity index (χ0) is 14.2. The van der Waals surface area contributed by atoms with E-state index in [2.05, 4.69) is 11.8 Å². The van der Waals surface area contributed by atoms with Crippen molar-refractivity contribution in [3.8, 4) is 23.3 Å². The lowest BCUT2D eigenvalue weighted by Crippen LogP contribution is -1.97. The Kier molecular flexibility index (Phi) is 5.34. The van der Waals surface area contributed by atoms with Gasteiger partial charge in [0, 0.05) is 0 Å². The van der Waals surface area contributed by atoms with Crippen molar-refractivity contribution in [1.29, 1.82) is 0 Å². The topological polar surface area (TPSA) is 18.5 Å². The maximum atomic E-state index is 5.82. The molecular weight excluding hydrogens is 272 g/mol. The standard InChI is InChI=1S/C17H15ClO2/c1-19-16-9-10-17(15(12-16)8-5-11-18)20-13-14-6-3-2-4-7-14/h2-4,6-7,9-10,12H,11,13H2,1H3. The average molecular weight is 287 g/mol. The Morgan fingerprint density at radius 3 is 2.60 bits per heavy atom. The zero-order valence-corrected chi connectivity index (χ0v) is 12.0. The van der Waals surface area contributed by atoms with Gasteiger partial charge in [0.1, 0.15) is 18.1 Å². The molecule has 0 N–H and O–H groups in total. The van der Waals surface area contributed by atoms with E-state index in [0.29, 0.717) is 6.61 Å². The minimum Gasteiger partial charge on any atom is -0.497 e. The second kappa shape index (κ2) is 7.47. The van der Waals surface area contributed by atoms with Gasteiger partial charge in [0.25, 0.3) is 0 Å². The lowest BCUT2D eigenvalue weighted by atomic mass is 10.2. The first-order valence-electron chi connectivity index (χ1n) is 6.23. The Labute approximate surface area is 124 Å². The van der Waals surface area contributed by atoms with Crippen LogP contribution in [-0.2, 0) is 6.61 Å². The molecule has 0 aromatic heterocycles. The van der Waals surface area contributed by atoms with Gasteiger partial charge in [-0.2, -0.15) is 0 Å². The lowest BCUT2D eigenvalue weighted by Gasteiger charge is -2.10. The molecule has 0 radical (unpaired) electrons. The van der Waals surface area contributed by atoms with Gasteiger partial charge < -0.3 is 9.47 Å². The Balaban J connectivity index is 2.17. The number of hydrogen-bond acceptors (Lipinski definition) is 2. The van der Waals surface area contributed by atoms with Crippen molar-refractivity contribution >= 4 is 11.6 Å². The van der Waals surface area contributed by atoms with Crippen LogP contribution in [0.2, 0.25) is 0 Å². The summed E-state index contributed by atoms with van der Waals surface area (Å²) in [7, 11) is 1.62. The summed E-state index contributed by atoms with van der Waals surface area (Å²) < 4.78 is 11.0.